The zero-order valence-corrected chi connectivity index (χ0v) is 21.4. The van der Waals surface area contributed by atoms with E-state index in [0.29, 0.717) is 17.5 Å². The Hall–Kier alpha value is -2.70. The predicted molar refractivity (Wildman–Crippen MR) is 144 cm³/mol. The molecular weight excluding hydrogens is 436 g/mol. The van der Waals surface area contributed by atoms with Gasteiger partial charge in [-0.1, -0.05) is 69.6 Å². The van der Waals surface area contributed by atoms with Crippen LogP contribution in [0.15, 0.2) is 30.3 Å². The van der Waals surface area contributed by atoms with Crippen molar-refractivity contribution in [2.45, 2.75) is 72.1 Å². The lowest BCUT2D eigenvalue weighted by Crippen LogP contribution is -2.03. The molecular formula is C31H34O2S. The van der Waals surface area contributed by atoms with Crippen LogP contribution in [0.2, 0.25) is 0 Å². The van der Waals surface area contributed by atoms with Crippen LogP contribution in [0.1, 0.15) is 95.0 Å². The smallest absolute Gasteiger partial charge is 0.173 e. The maximum atomic E-state index is 13.1. The highest BCUT2D eigenvalue weighted by Gasteiger charge is 2.20. The Morgan fingerprint density at radius 2 is 1.94 bits per heavy atom. The van der Waals surface area contributed by atoms with E-state index in [-0.39, 0.29) is 5.78 Å². The zero-order chi connectivity index (χ0) is 24.2. The van der Waals surface area contributed by atoms with Gasteiger partial charge < -0.3 is 0 Å². The fourth-order valence-electron chi connectivity index (χ4n) is 5.40. The van der Waals surface area contributed by atoms with Gasteiger partial charge in [-0.2, -0.15) is 0 Å². The van der Waals surface area contributed by atoms with Crippen molar-refractivity contribution in [2.75, 3.05) is 0 Å². The van der Waals surface area contributed by atoms with Crippen molar-refractivity contribution in [3.63, 3.8) is 0 Å². The van der Waals surface area contributed by atoms with Gasteiger partial charge in [0.25, 0.3) is 0 Å². The Bertz CT molecular complexity index is 1260. The van der Waals surface area contributed by atoms with E-state index in [1.807, 2.05) is 24.3 Å². The Balaban J connectivity index is 1.51. The van der Waals surface area contributed by atoms with Gasteiger partial charge in [-0.05, 0) is 71.7 Å². The van der Waals surface area contributed by atoms with Crippen LogP contribution < -0.4 is 0 Å². The quantitative estimate of drug-likeness (QED) is 0.150. The highest BCUT2D eigenvalue weighted by atomic mass is 32.1. The van der Waals surface area contributed by atoms with Crippen molar-refractivity contribution in [3.05, 3.63) is 57.5 Å². The number of aldehydes is 1. The molecule has 2 aromatic carbocycles. The zero-order valence-electron chi connectivity index (χ0n) is 20.6. The molecule has 0 saturated heterocycles. The van der Waals surface area contributed by atoms with Gasteiger partial charge in [-0.15, -0.1) is 17.8 Å². The lowest BCUT2D eigenvalue weighted by Gasteiger charge is -2.13. The number of hydrogen-bond donors (Lipinski definition) is 0. The summed E-state index contributed by atoms with van der Waals surface area (Å²) < 4.78 is 0. The second-order valence-electron chi connectivity index (χ2n) is 10.0. The summed E-state index contributed by atoms with van der Waals surface area (Å²) in [7, 11) is 0. The molecule has 0 aliphatic heterocycles. The van der Waals surface area contributed by atoms with Gasteiger partial charge in [0.1, 0.15) is 0 Å². The molecule has 176 valence electrons. The van der Waals surface area contributed by atoms with E-state index in [2.05, 4.69) is 32.8 Å². The summed E-state index contributed by atoms with van der Waals surface area (Å²) >= 11 is 1.61. The maximum Gasteiger partial charge on any atom is 0.173 e. The van der Waals surface area contributed by atoms with Crippen LogP contribution >= 0.6 is 11.3 Å². The third-order valence-corrected chi connectivity index (χ3v) is 9.18. The minimum atomic E-state index is 0.279. The first-order valence-corrected chi connectivity index (χ1v) is 13.4. The van der Waals surface area contributed by atoms with Gasteiger partial charge in [-0.3, -0.25) is 9.59 Å². The number of hydrogen-bond acceptors (Lipinski definition) is 3. The molecule has 2 atom stereocenters. The van der Waals surface area contributed by atoms with Gasteiger partial charge in [0.15, 0.2) is 12.1 Å². The third-order valence-electron chi connectivity index (χ3n) is 7.69. The van der Waals surface area contributed by atoms with Crippen molar-refractivity contribution >= 4 is 34.2 Å². The van der Waals surface area contributed by atoms with E-state index in [1.165, 1.54) is 44.1 Å². The molecule has 2 nitrogen and oxygen atoms in total. The maximum absolute atomic E-state index is 13.1. The molecule has 1 aromatic heterocycles. The second-order valence-corrected chi connectivity index (χ2v) is 11.1. The van der Waals surface area contributed by atoms with Gasteiger partial charge in [-0.25, -0.2) is 0 Å². The van der Waals surface area contributed by atoms with Crippen LogP contribution in [0.25, 0.3) is 21.2 Å². The summed E-state index contributed by atoms with van der Waals surface area (Å²) in [5.74, 6) is 4.53. The number of carbonyl (C=O) groups is 2. The molecule has 2 unspecified atom stereocenters. The molecule has 1 saturated carbocycles. The van der Waals surface area contributed by atoms with Crippen LogP contribution in [0.5, 0.6) is 0 Å². The lowest BCUT2D eigenvalue weighted by atomic mass is 9.93. The molecule has 1 aliphatic carbocycles. The highest BCUT2D eigenvalue weighted by Crippen LogP contribution is 2.38. The number of carbonyl (C=O) groups excluding carboxylic acids is 2. The molecule has 0 spiro atoms. The SMILES string of the molecule is C#Cc1ccc2cc(-c3sc(C(=O)CCCC4CCCC(C)CC4)c(C)c3C)ccc2c1C=O. The van der Waals surface area contributed by atoms with Crippen LogP contribution in [-0.4, -0.2) is 12.1 Å². The number of ketones is 1. The Labute approximate surface area is 207 Å². The molecule has 34 heavy (non-hydrogen) atoms. The summed E-state index contributed by atoms with van der Waals surface area (Å²) in [6.45, 7) is 6.55. The Kier molecular flexibility index (Phi) is 7.69. The van der Waals surface area contributed by atoms with E-state index in [9.17, 15) is 9.59 Å². The molecule has 0 amide bonds. The average molecular weight is 471 g/mol. The molecule has 3 aromatic rings. The van der Waals surface area contributed by atoms with Crippen molar-refractivity contribution in [3.8, 4) is 22.8 Å². The van der Waals surface area contributed by atoms with Crippen molar-refractivity contribution in [2.24, 2.45) is 11.8 Å². The fourth-order valence-corrected chi connectivity index (χ4v) is 6.68. The lowest BCUT2D eigenvalue weighted by molar-refractivity contribution is 0.0980. The predicted octanol–water partition coefficient (Wildman–Crippen LogP) is 8.55. The van der Waals surface area contributed by atoms with Crippen LogP contribution in [0.4, 0.5) is 0 Å². The number of rotatable bonds is 7. The van der Waals surface area contributed by atoms with E-state index < -0.39 is 0 Å². The number of thiophene rings is 1. The number of Topliss-reactive ketones (excluding diaryl/α,β-unsaturated/α-hetero) is 1. The van der Waals surface area contributed by atoms with Gasteiger partial charge in [0.05, 0.1) is 4.88 Å². The largest absolute Gasteiger partial charge is 0.298 e. The summed E-state index contributed by atoms with van der Waals surface area (Å²) in [5, 5.41) is 1.85. The third kappa shape index (κ3) is 5.03. The number of terminal acetylenes is 1. The van der Waals surface area contributed by atoms with E-state index in [0.717, 1.165) is 56.2 Å². The minimum absolute atomic E-state index is 0.279. The summed E-state index contributed by atoms with van der Waals surface area (Å²) in [4.78, 5) is 26.8. The average Bonchev–Trinajstić information content (AvgIpc) is 3.00. The first-order chi connectivity index (χ1) is 16.4. The van der Waals surface area contributed by atoms with E-state index in [4.69, 9.17) is 6.42 Å². The molecule has 3 heteroatoms. The summed E-state index contributed by atoms with van der Waals surface area (Å²) in [6.07, 6.45) is 15.9. The molecule has 0 radical (unpaired) electrons. The number of benzene rings is 2. The molecule has 1 fully saturated rings. The Morgan fingerprint density at radius 3 is 2.71 bits per heavy atom. The molecule has 0 bridgehead atoms. The summed E-state index contributed by atoms with van der Waals surface area (Å²) in [5.41, 5.74) is 4.52. The number of fused-ring (bicyclic) bond motifs is 1. The molecule has 0 N–H and O–H groups in total. The standard InChI is InChI=1S/C31H34O2S/c1-5-24-14-15-25-18-26(16-17-27(25)28(24)19-32)30-21(3)22(4)31(34-30)29(33)11-7-10-23-9-6-8-20(2)12-13-23/h1,14-20,23H,6-13H2,2-4H3. The monoisotopic (exact) mass is 470 g/mol. The van der Waals surface area contributed by atoms with E-state index in [1.54, 1.807) is 11.3 Å². The van der Waals surface area contributed by atoms with E-state index >= 15 is 0 Å². The van der Waals surface area contributed by atoms with Gasteiger partial charge in [0.2, 0.25) is 0 Å². The Morgan fingerprint density at radius 1 is 1.12 bits per heavy atom. The summed E-state index contributed by atoms with van der Waals surface area (Å²) in [6, 6.07) is 9.90. The van der Waals surface area contributed by atoms with Crippen LogP contribution in [-0.2, 0) is 0 Å². The molecule has 1 aliphatic rings. The first-order valence-electron chi connectivity index (χ1n) is 12.5. The topological polar surface area (TPSA) is 34.1 Å². The fraction of sp³-hybridized carbons (Fsp3) is 0.419. The first kappa shape index (κ1) is 24.4. The van der Waals surface area contributed by atoms with Crippen LogP contribution in [0, 0.1) is 38.0 Å². The molecule has 1 heterocycles. The van der Waals surface area contributed by atoms with Gasteiger partial charge in [0, 0.05) is 22.4 Å². The van der Waals surface area contributed by atoms with Crippen molar-refractivity contribution in [1.82, 2.24) is 0 Å². The normalized spacial score (nSPS) is 18.4. The van der Waals surface area contributed by atoms with Crippen molar-refractivity contribution in [1.29, 1.82) is 0 Å². The highest BCUT2D eigenvalue weighted by molar-refractivity contribution is 7.17. The van der Waals surface area contributed by atoms with Crippen LogP contribution in [0.3, 0.4) is 0 Å². The second kappa shape index (κ2) is 10.7. The minimum Gasteiger partial charge on any atom is -0.298 e. The van der Waals surface area contributed by atoms with Crippen molar-refractivity contribution < 1.29 is 9.59 Å². The van der Waals surface area contributed by atoms with Gasteiger partial charge >= 0.3 is 0 Å². The molecule has 4 rings (SSSR count).